The van der Waals surface area contributed by atoms with Crippen LogP contribution in [0.25, 0.3) is 0 Å². The smallest absolute Gasteiger partial charge is 0.242 e. The highest BCUT2D eigenvalue weighted by atomic mass is 19.1. The summed E-state index contributed by atoms with van der Waals surface area (Å²) in [6.45, 7) is 6.69. The number of halogens is 1. The molecule has 0 saturated carbocycles. The normalized spacial score (nSPS) is 23.0. The molecular formula is C22H25FN2O. The maximum absolute atomic E-state index is 14.7. The van der Waals surface area contributed by atoms with Crippen molar-refractivity contribution in [1.82, 2.24) is 5.32 Å². The monoisotopic (exact) mass is 352 g/mol. The van der Waals surface area contributed by atoms with Gasteiger partial charge in [-0.3, -0.25) is 4.79 Å². The van der Waals surface area contributed by atoms with Gasteiger partial charge < -0.3 is 10.6 Å². The van der Waals surface area contributed by atoms with Gasteiger partial charge in [-0.2, -0.15) is 0 Å². The van der Waals surface area contributed by atoms with Crippen molar-refractivity contribution < 1.29 is 9.18 Å². The third-order valence-electron chi connectivity index (χ3n) is 5.57. The Morgan fingerprint density at radius 1 is 1.27 bits per heavy atom. The molecule has 0 aromatic heterocycles. The van der Waals surface area contributed by atoms with Gasteiger partial charge in [0.2, 0.25) is 5.91 Å². The second-order valence-electron chi connectivity index (χ2n) is 8.02. The van der Waals surface area contributed by atoms with Crippen molar-refractivity contribution in [2.24, 2.45) is 11.8 Å². The fraction of sp³-hybridized carbons (Fsp3) is 0.409. The zero-order chi connectivity index (χ0) is 18.4. The molecule has 2 N–H and O–H groups in total. The van der Waals surface area contributed by atoms with Crippen LogP contribution in [-0.4, -0.2) is 18.5 Å². The number of carbonyl (C=O) groups excluding carboxylic acids is 1. The van der Waals surface area contributed by atoms with E-state index in [-0.39, 0.29) is 23.6 Å². The molecule has 0 spiro atoms. The maximum Gasteiger partial charge on any atom is 0.242 e. The third kappa shape index (κ3) is 2.77. The van der Waals surface area contributed by atoms with E-state index in [1.807, 2.05) is 19.1 Å². The molecule has 3 nitrogen and oxygen atoms in total. The van der Waals surface area contributed by atoms with Crippen molar-refractivity contribution in [3.05, 3.63) is 64.5 Å². The quantitative estimate of drug-likeness (QED) is 0.876. The Morgan fingerprint density at radius 3 is 2.81 bits per heavy atom. The lowest BCUT2D eigenvalue weighted by molar-refractivity contribution is -0.123. The largest absolute Gasteiger partial charge is 0.371 e. The van der Waals surface area contributed by atoms with Crippen LogP contribution >= 0.6 is 0 Å². The van der Waals surface area contributed by atoms with Gasteiger partial charge >= 0.3 is 0 Å². The van der Waals surface area contributed by atoms with Crippen molar-refractivity contribution >= 4 is 11.6 Å². The van der Waals surface area contributed by atoms with Crippen LogP contribution in [0.3, 0.4) is 0 Å². The highest BCUT2D eigenvalue weighted by Crippen LogP contribution is 2.50. The lowest BCUT2D eigenvalue weighted by Gasteiger charge is -2.37. The lowest BCUT2D eigenvalue weighted by atomic mass is 9.77. The number of anilines is 1. The van der Waals surface area contributed by atoms with Gasteiger partial charge in [0.05, 0.1) is 5.69 Å². The van der Waals surface area contributed by atoms with Gasteiger partial charge in [-0.25, -0.2) is 4.39 Å². The Bertz CT molecular complexity index is 861. The molecule has 1 aliphatic heterocycles. The topological polar surface area (TPSA) is 41.1 Å². The molecule has 4 heteroatoms. The van der Waals surface area contributed by atoms with Crippen LogP contribution in [0.15, 0.2) is 36.4 Å². The molecule has 136 valence electrons. The van der Waals surface area contributed by atoms with Gasteiger partial charge in [0.15, 0.2) is 0 Å². The van der Waals surface area contributed by atoms with Crippen LogP contribution in [0.2, 0.25) is 0 Å². The third-order valence-corrected chi connectivity index (χ3v) is 5.57. The van der Waals surface area contributed by atoms with Gasteiger partial charge in [0, 0.05) is 18.4 Å². The maximum atomic E-state index is 14.7. The van der Waals surface area contributed by atoms with Crippen molar-refractivity contribution in [2.45, 2.75) is 39.2 Å². The summed E-state index contributed by atoms with van der Waals surface area (Å²) in [5, 5.41) is 6.26. The van der Waals surface area contributed by atoms with Gasteiger partial charge in [0.25, 0.3) is 0 Å². The molecule has 26 heavy (non-hydrogen) atoms. The SMILES string of the molecule is Cc1cc(F)c2c(c1)C1c3ccccc3CC1C(C(=O)NCC(C)C)N2. The van der Waals surface area contributed by atoms with Crippen LogP contribution < -0.4 is 10.6 Å². The summed E-state index contributed by atoms with van der Waals surface area (Å²) in [5.74, 6) is 0.238. The van der Waals surface area contributed by atoms with E-state index in [1.165, 1.54) is 17.2 Å². The molecular weight excluding hydrogens is 327 g/mol. The Balaban J connectivity index is 1.78. The number of carbonyl (C=O) groups is 1. The number of aryl methyl sites for hydroxylation is 1. The first-order valence-corrected chi connectivity index (χ1v) is 9.37. The first-order chi connectivity index (χ1) is 12.5. The zero-order valence-corrected chi connectivity index (χ0v) is 15.5. The number of rotatable bonds is 3. The number of hydrogen-bond donors (Lipinski definition) is 2. The first kappa shape index (κ1) is 17.1. The number of hydrogen-bond acceptors (Lipinski definition) is 2. The summed E-state index contributed by atoms with van der Waals surface area (Å²) >= 11 is 0. The number of benzene rings is 2. The van der Waals surface area contributed by atoms with Crippen LogP contribution in [-0.2, 0) is 11.2 Å². The predicted molar refractivity (Wildman–Crippen MR) is 102 cm³/mol. The summed E-state index contributed by atoms with van der Waals surface area (Å²) in [6.07, 6.45) is 0.836. The molecule has 3 atom stereocenters. The van der Waals surface area contributed by atoms with Gasteiger partial charge in [0.1, 0.15) is 11.9 Å². The standard InChI is InChI=1S/C22H25FN2O/c1-12(2)11-24-22(26)21-17-10-14-6-4-5-7-15(14)19(17)16-8-13(3)9-18(23)20(16)25-21/h4-9,12,17,19,21,25H,10-11H2,1-3H3,(H,24,26). The number of amides is 1. The molecule has 0 bridgehead atoms. The van der Waals surface area contributed by atoms with Gasteiger partial charge in [-0.05, 0) is 47.6 Å². The minimum absolute atomic E-state index is 0.0351. The fourth-order valence-corrected chi connectivity index (χ4v) is 4.44. The van der Waals surface area contributed by atoms with E-state index >= 15 is 0 Å². The molecule has 2 aliphatic rings. The minimum atomic E-state index is -0.421. The van der Waals surface area contributed by atoms with Crippen LogP contribution in [0.5, 0.6) is 0 Å². The predicted octanol–water partition coefficient (Wildman–Crippen LogP) is 4.00. The molecule has 0 fully saturated rings. The summed E-state index contributed by atoms with van der Waals surface area (Å²) in [6, 6.07) is 11.5. The van der Waals surface area contributed by atoms with Crippen molar-refractivity contribution in [2.75, 3.05) is 11.9 Å². The molecule has 1 aliphatic carbocycles. The van der Waals surface area contributed by atoms with E-state index in [0.717, 1.165) is 17.5 Å². The Hall–Kier alpha value is -2.36. The van der Waals surface area contributed by atoms with E-state index < -0.39 is 6.04 Å². The molecule has 2 aromatic rings. The van der Waals surface area contributed by atoms with Crippen LogP contribution in [0.4, 0.5) is 10.1 Å². The first-order valence-electron chi connectivity index (χ1n) is 9.37. The summed E-state index contributed by atoms with van der Waals surface area (Å²) < 4.78 is 14.7. The summed E-state index contributed by atoms with van der Waals surface area (Å²) in [5.41, 5.74) is 4.87. The highest BCUT2D eigenvalue weighted by Gasteiger charge is 2.46. The molecule has 0 radical (unpaired) electrons. The van der Waals surface area contributed by atoms with Crippen molar-refractivity contribution in [3.63, 3.8) is 0 Å². The van der Waals surface area contributed by atoms with Crippen molar-refractivity contribution in [3.8, 4) is 0 Å². The average Bonchev–Trinajstić information content (AvgIpc) is 2.98. The highest BCUT2D eigenvalue weighted by molar-refractivity contribution is 5.87. The molecule has 3 unspecified atom stereocenters. The van der Waals surface area contributed by atoms with E-state index in [9.17, 15) is 9.18 Å². The fourth-order valence-electron chi connectivity index (χ4n) is 4.44. The van der Waals surface area contributed by atoms with E-state index in [0.29, 0.717) is 18.2 Å². The molecule has 1 amide bonds. The minimum Gasteiger partial charge on any atom is -0.371 e. The average molecular weight is 352 g/mol. The number of fused-ring (bicyclic) bond motifs is 5. The second kappa shape index (κ2) is 6.42. The van der Waals surface area contributed by atoms with E-state index in [2.05, 4.69) is 42.7 Å². The van der Waals surface area contributed by atoms with E-state index in [1.54, 1.807) is 0 Å². The van der Waals surface area contributed by atoms with Crippen LogP contribution in [0, 0.1) is 24.6 Å². The molecule has 2 aromatic carbocycles. The van der Waals surface area contributed by atoms with Crippen molar-refractivity contribution in [1.29, 1.82) is 0 Å². The lowest BCUT2D eigenvalue weighted by Crippen LogP contribution is -2.49. The zero-order valence-electron chi connectivity index (χ0n) is 15.5. The van der Waals surface area contributed by atoms with E-state index in [4.69, 9.17) is 0 Å². The van der Waals surface area contributed by atoms with Crippen LogP contribution in [0.1, 0.15) is 42.0 Å². The second-order valence-corrected chi connectivity index (χ2v) is 8.02. The Labute approximate surface area is 154 Å². The van der Waals surface area contributed by atoms with Gasteiger partial charge in [-0.15, -0.1) is 0 Å². The summed E-state index contributed by atoms with van der Waals surface area (Å²) in [7, 11) is 0. The molecule has 4 rings (SSSR count). The van der Waals surface area contributed by atoms with Gasteiger partial charge in [-0.1, -0.05) is 44.2 Å². The Morgan fingerprint density at radius 2 is 2.04 bits per heavy atom. The molecule has 0 saturated heterocycles. The summed E-state index contributed by atoms with van der Waals surface area (Å²) in [4.78, 5) is 12.9. The number of nitrogens with one attached hydrogen (secondary N) is 2. The molecule has 1 heterocycles. The Kier molecular flexibility index (Phi) is 4.22.